The van der Waals surface area contributed by atoms with Gasteiger partial charge in [-0.3, -0.25) is 0 Å². The van der Waals surface area contributed by atoms with Crippen molar-refractivity contribution >= 4 is 49.0 Å². The van der Waals surface area contributed by atoms with Gasteiger partial charge < -0.3 is 14.7 Å². The van der Waals surface area contributed by atoms with Gasteiger partial charge in [0.15, 0.2) is 5.82 Å². The first-order chi connectivity index (χ1) is 12.8. The average Bonchev–Trinajstić information content (AvgIpc) is 3.06. The van der Waals surface area contributed by atoms with Gasteiger partial charge in [0.25, 0.3) is 0 Å². The van der Waals surface area contributed by atoms with Gasteiger partial charge in [-0.1, -0.05) is 0 Å². The summed E-state index contributed by atoms with van der Waals surface area (Å²) in [6, 6.07) is 1.85. The van der Waals surface area contributed by atoms with E-state index in [9.17, 15) is 13.5 Å². The van der Waals surface area contributed by atoms with Gasteiger partial charge in [-0.2, -0.15) is 4.98 Å². The number of piperidine rings is 1. The number of morpholine rings is 1. The lowest BCUT2D eigenvalue weighted by molar-refractivity contribution is -0.00617. The van der Waals surface area contributed by atoms with E-state index < -0.39 is 15.6 Å². The number of aromatic nitrogens is 2. The molecule has 1 N–H and O–H groups in total. The van der Waals surface area contributed by atoms with E-state index in [1.165, 1.54) is 21.9 Å². The quantitative estimate of drug-likeness (QED) is 0.733. The number of rotatable bonds is 3. The Bertz CT molecular complexity index is 951. The van der Waals surface area contributed by atoms with E-state index in [4.69, 9.17) is 16.3 Å². The van der Waals surface area contributed by atoms with Crippen LogP contribution in [0.25, 0.3) is 10.2 Å². The summed E-state index contributed by atoms with van der Waals surface area (Å²) in [4.78, 5) is 11.6. The van der Waals surface area contributed by atoms with Crippen molar-refractivity contribution in [2.75, 3.05) is 50.5 Å². The zero-order valence-corrected chi connectivity index (χ0v) is 17.3. The van der Waals surface area contributed by atoms with Gasteiger partial charge in [0.1, 0.15) is 5.60 Å². The van der Waals surface area contributed by atoms with Gasteiger partial charge in [0, 0.05) is 31.1 Å². The molecule has 2 aliphatic rings. The SMILES string of the molecule is CS(=O)(=O)N1CCC(O)(c2cc3nc(Cl)nc(N4CCOCC4)c3s2)CC1. The second-order valence-electron chi connectivity index (χ2n) is 6.93. The van der Waals surface area contributed by atoms with E-state index in [1.807, 2.05) is 6.07 Å². The topological polar surface area (TPSA) is 95.9 Å². The smallest absolute Gasteiger partial charge is 0.224 e. The largest absolute Gasteiger partial charge is 0.384 e. The van der Waals surface area contributed by atoms with E-state index in [0.717, 1.165) is 28.5 Å². The second kappa shape index (κ2) is 7.09. The first-order valence-corrected chi connectivity index (χ1v) is 11.8. The molecule has 0 unspecified atom stereocenters. The molecule has 4 rings (SSSR count). The van der Waals surface area contributed by atoms with Crippen LogP contribution < -0.4 is 4.90 Å². The lowest BCUT2D eigenvalue weighted by Gasteiger charge is -2.36. The van der Waals surface area contributed by atoms with Crippen molar-refractivity contribution in [1.82, 2.24) is 14.3 Å². The minimum absolute atomic E-state index is 0.173. The molecule has 0 radical (unpaired) electrons. The Morgan fingerprint density at radius 2 is 1.89 bits per heavy atom. The fourth-order valence-electron chi connectivity index (χ4n) is 3.54. The molecule has 2 aliphatic heterocycles. The van der Waals surface area contributed by atoms with Crippen LogP contribution in [0.4, 0.5) is 5.82 Å². The molecule has 27 heavy (non-hydrogen) atoms. The molecule has 0 bridgehead atoms. The maximum absolute atomic E-state index is 11.7. The molecule has 4 heterocycles. The highest BCUT2D eigenvalue weighted by atomic mass is 35.5. The Morgan fingerprint density at radius 3 is 2.52 bits per heavy atom. The fourth-order valence-corrected chi connectivity index (χ4v) is 5.82. The summed E-state index contributed by atoms with van der Waals surface area (Å²) in [5.41, 5.74) is -0.364. The fraction of sp³-hybridized carbons (Fsp3) is 0.625. The van der Waals surface area contributed by atoms with Crippen LogP contribution >= 0.6 is 22.9 Å². The molecule has 8 nitrogen and oxygen atoms in total. The van der Waals surface area contributed by atoms with Crippen molar-refractivity contribution in [2.24, 2.45) is 0 Å². The molecule has 0 saturated carbocycles. The van der Waals surface area contributed by atoms with Crippen LogP contribution in [-0.4, -0.2) is 73.4 Å². The molecular formula is C16H21ClN4O4S2. The first-order valence-electron chi connectivity index (χ1n) is 8.74. The second-order valence-corrected chi connectivity index (χ2v) is 10.3. The minimum atomic E-state index is -3.24. The molecule has 2 saturated heterocycles. The van der Waals surface area contributed by atoms with Crippen LogP contribution in [0, 0.1) is 0 Å². The molecule has 0 atom stereocenters. The summed E-state index contributed by atoms with van der Waals surface area (Å²) in [7, 11) is -3.24. The number of anilines is 1. The first kappa shape index (κ1) is 19.3. The molecule has 0 amide bonds. The summed E-state index contributed by atoms with van der Waals surface area (Å²) in [5, 5.41) is 11.3. The van der Waals surface area contributed by atoms with Gasteiger partial charge in [0.2, 0.25) is 15.3 Å². The summed E-state index contributed by atoms with van der Waals surface area (Å²) in [6.45, 7) is 3.31. The third-order valence-corrected chi connectivity index (χ3v) is 7.90. The number of aliphatic hydroxyl groups is 1. The van der Waals surface area contributed by atoms with Crippen molar-refractivity contribution in [3.8, 4) is 0 Å². The Balaban J connectivity index is 1.67. The van der Waals surface area contributed by atoms with E-state index in [2.05, 4.69) is 14.9 Å². The van der Waals surface area contributed by atoms with Gasteiger partial charge >= 0.3 is 0 Å². The van der Waals surface area contributed by atoms with Crippen LogP contribution in [0.1, 0.15) is 17.7 Å². The summed E-state index contributed by atoms with van der Waals surface area (Å²) >= 11 is 7.59. The zero-order valence-electron chi connectivity index (χ0n) is 14.9. The lowest BCUT2D eigenvalue weighted by atomic mass is 9.91. The maximum Gasteiger partial charge on any atom is 0.224 e. The van der Waals surface area contributed by atoms with Gasteiger partial charge in [-0.25, -0.2) is 17.7 Å². The van der Waals surface area contributed by atoms with Crippen molar-refractivity contribution in [1.29, 1.82) is 0 Å². The molecule has 2 aromatic heterocycles. The summed E-state index contributed by atoms with van der Waals surface area (Å²) in [5.74, 6) is 0.765. The summed E-state index contributed by atoms with van der Waals surface area (Å²) in [6.07, 6.45) is 1.89. The Kier molecular flexibility index (Phi) is 5.06. The van der Waals surface area contributed by atoms with Crippen molar-refractivity contribution in [2.45, 2.75) is 18.4 Å². The Hall–Kier alpha value is -1.04. The third-order valence-electron chi connectivity index (χ3n) is 5.11. The van der Waals surface area contributed by atoms with Crippen LogP contribution in [0.3, 0.4) is 0 Å². The van der Waals surface area contributed by atoms with Gasteiger partial charge in [0.05, 0.1) is 29.7 Å². The highest BCUT2D eigenvalue weighted by Crippen LogP contribution is 2.42. The standard InChI is InChI=1S/C16H21ClN4O4S2/c1-27(23,24)21-4-2-16(22,3-5-21)12-10-11-13(26-12)14(19-15(17)18-11)20-6-8-25-9-7-20/h10,22H,2-9H2,1H3. The van der Waals surface area contributed by atoms with Crippen LogP contribution in [0.2, 0.25) is 5.28 Å². The molecule has 0 aliphatic carbocycles. The highest BCUT2D eigenvalue weighted by molar-refractivity contribution is 7.88. The number of hydrogen-bond donors (Lipinski definition) is 1. The number of fused-ring (bicyclic) bond motifs is 1. The van der Waals surface area contributed by atoms with Crippen molar-refractivity contribution in [3.63, 3.8) is 0 Å². The van der Waals surface area contributed by atoms with Gasteiger partial charge in [-0.05, 0) is 30.5 Å². The predicted molar refractivity (Wildman–Crippen MR) is 105 cm³/mol. The minimum Gasteiger partial charge on any atom is -0.384 e. The average molecular weight is 433 g/mol. The Labute approximate surface area is 166 Å². The summed E-state index contributed by atoms with van der Waals surface area (Å²) < 4.78 is 31.2. The van der Waals surface area contributed by atoms with E-state index in [-0.39, 0.29) is 5.28 Å². The van der Waals surface area contributed by atoms with Gasteiger partial charge in [-0.15, -0.1) is 11.3 Å². The van der Waals surface area contributed by atoms with Crippen LogP contribution in [0.15, 0.2) is 6.07 Å². The number of sulfonamides is 1. The van der Waals surface area contributed by atoms with E-state index in [0.29, 0.717) is 44.7 Å². The number of ether oxygens (including phenoxy) is 1. The van der Waals surface area contributed by atoms with Crippen molar-refractivity contribution < 1.29 is 18.3 Å². The number of hydrogen-bond acceptors (Lipinski definition) is 8. The van der Waals surface area contributed by atoms with Crippen LogP contribution in [0.5, 0.6) is 0 Å². The van der Waals surface area contributed by atoms with Crippen molar-refractivity contribution in [3.05, 3.63) is 16.2 Å². The number of nitrogens with zero attached hydrogens (tertiary/aromatic N) is 4. The molecule has 148 valence electrons. The lowest BCUT2D eigenvalue weighted by Crippen LogP contribution is -2.44. The Morgan fingerprint density at radius 1 is 1.22 bits per heavy atom. The zero-order chi connectivity index (χ0) is 19.2. The van der Waals surface area contributed by atoms with Crippen LogP contribution in [-0.2, 0) is 20.4 Å². The molecule has 11 heteroatoms. The predicted octanol–water partition coefficient (Wildman–Crippen LogP) is 1.42. The van der Waals surface area contributed by atoms with E-state index in [1.54, 1.807) is 0 Å². The molecule has 0 spiro atoms. The normalized spacial score (nSPS) is 21.7. The monoisotopic (exact) mass is 432 g/mol. The number of halogens is 1. The number of thiophene rings is 1. The maximum atomic E-state index is 11.7. The van der Waals surface area contributed by atoms with E-state index >= 15 is 0 Å². The molecule has 0 aromatic carbocycles. The highest BCUT2D eigenvalue weighted by Gasteiger charge is 2.38. The third kappa shape index (κ3) is 3.79. The molecule has 2 aromatic rings. The molecular weight excluding hydrogens is 412 g/mol. The molecule has 2 fully saturated rings.